The van der Waals surface area contributed by atoms with Gasteiger partial charge in [-0.15, -0.1) is 0 Å². The summed E-state index contributed by atoms with van der Waals surface area (Å²) in [6, 6.07) is 19.8. The van der Waals surface area contributed by atoms with E-state index in [0.29, 0.717) is 37.4 Å². The molecule has 0 spiro atoms. The van der Waals surface area contributed by atoms with E-state index in [0.717, 1.165) is 41.4 Å². The van der Waals surface area contributed by atoms with Crippen LogP contribution in [0.4, 0.5) is 0 Å². The largest absolute Gasteiger partial charge is 0.497 e. The fourth-order valence-electron chi connectivity index (χ4n) is 4.38. The third kappa shape index (κ3) is 5.27. The van der Waals surface area contributed by atoms with Gasteiger partial charge in [0.25, 0.3) is 5.91 Å². The van der Waals surface area contributed by atoms with Crippen LogP contribution in [0.3, 0.4) is 0 Å². The molecule has 1 amide bonds. The number of nitrogens with zero attached hydrogens (tertiary/aromatic N) is 5. The summed E-state index contributed by atoms with van der Waals surface area (Å²) in [5.41, 5.74) is 4.21. The van der Waals surface area contributed by atoms with Crippen molar-refractivity contribution >= 4 is 5.91 Å². The Bertz CT molecular complexity index is 1270. The maximum absolute atomic E-state index is 13.7. The lowest BCUT2D eigenvalue weighted by molar-refractivity contribution is 0.0618. The average Bonchev–Trinajstić information content (AvgIpc) is 3.50. The number of piperazine rings is 1. The summed E-state index contributed by atoms with van der Waals surface area (Å²) in [6.07, 6.45) is 1.87. The van der Waals surface area contributed by atoms with Crippen molar-refractivity contribution in [3.8, 4) is 17.0 Å². The first-order chi connectivity index (χ1) is 17.1. The van der Waals surface area contributed by atoms with Gasteiger partial charge in [-0.2, -0.15) is 5.10 Å². The van der Waals surface area contributed by atoms with Crippen LogP contribution in [0.2, 0.25) is 0 Å². The fourth-order valence-corrected chi connectivity index (χ4v) is 4.38. The number of benzene rings is 2. The Morgan fingerprint density at radius 2 is 1.74 bits per heavy atom. The van der Waals surface area contributed by atoms with Gasteiger partial charge in [0.2, 0.25) is 0 Å². The molecular formula is C27H29N5O3. The lowest BCUT2D eigenvalue weighted by Gasteiger charge is -2.34. The van der Waals surface area contributed by atoms with Gasteiger partial charge in [0, 0.05) is 44.0 Å². The van der Waals surface area contributed by atoms with Gasteiger partial charge in [0.1, 0.15) is 11.4 Å². The highest BCUT2D eigenvalue weighted by Crippen LogP contribution is 2.26. The van der Waals surface area contributed by atoms with Gasteiger partial charge in [0.15, 0.2) is 5.76 Å². The van der Waals surface area contributed by atoms with E-state index in [-0.39, 0.29) is 5.91 Å². The highest BCUT2D eigenvalue weighted by atomic mass is 16.5. The first-order valence-electron chi connectivity index (χ1n) is 11.8. The number of amides is 1. The van der Waals surface area contributed by atoms with Crippen molar-refractivity contribution in [2.24, 2.45) is 0 Å². The number of methoxy groups -OCH3 is 1. The van der Waals surface area contributed by atoms with Crippen molar-refractivity contribution in [2.45, 2.75) is 20.0 Å². The van der Waals surface area contributed by atoms with E-state index >= 15 is 0 Å². The van der Waals surface area contributed by atoms with Crippen LogP contribution >= 0.6 is 0 Å². The molecule has 8 nitrogen and oxygen atoms in total. The third-order valence-corrected chi connectivity index (χ3v) is 6.26. The molecule has 1 fully saturated rings. The normalized spacial score (nSPS) is 14.3. The molecule has 0 saturated carbocycles. The Hall–Kier alpha value is -3.91. The molecule has 8 heteroatoms. The van der Waals surface area contributed by atoms with Gasteiger partial charge >= 0.3 is 0 Å². The summed E-state index contributed by atoms with van der Waals surface area (Å²) >= 11 is 0. The van der Waals surface area contributed by atoms with Crippen LogP contribution < -0.4 is 4.74 Å². The molecule has 0 radical (unpaired) electrons. The SMILES string of the molecule is COc1ccc(-c2nn(Cc3ccccc3)cc2C(=O)N2CCN(Cc3cc(C)no3)CC2)cc1. The van der Waals surface area contributed by atoms with Gasteiger partial charge in [-0.25, -0.2) is 0 Å². The Kier molecular flexibility index (Phi) is 6.63. The molecule has 1 aliphatic rings. The van der Waals surface area contributed by atoms with Crippen LogP contribution in [-0.2, 0) is 13.1 Å². The van der Waals surface area contributed by atoms with Crippen molar-refractivity contribution in [3.63, 3.8) is 0 Å². The van der Waals surface area contributed by atoms with E-state index < -0.39 is 0 Å². The van der Waals surface area contributed by atoms with Gasteiger partial charge in [0.05, 0.1) is 31.5 Å². The van der Waals surface area contributed by atoms with E-state index in [1.807, 2.05) is 71.2 Å². The van der Waals surface area contributed by atoms with E-state index in [1.165, 1.54) is 0 Å². The standard InChI is InChI=1S/C27H29N5O3/c1-20-16-24(35-29-20)18-30-12-14-31(15-13-30)27(33)25-19-32(17-21-6-4-3-5-7-21)28-26(25)22-8-10-23(34-2)11-9-22/h3-11,16,19H,12-15,17-18H2,1-2H3. The minimum absolute atomic E-state index is 0.00490. The number of rotatable bonds is 7. The van der Waals surface area contributed by atoms with E-state index in [2.05, 4.69) is 22.2 Å². The molecule has 5 rings (SSSR count). The average molecular weight is 472 g/mol. The smallest absolute Gasteiger partial charge is 0.257 e. The van der Waals surface area contributed by atoms with Crippen LogP contribution in [0.1, 0.15) is 27.4 Å². The number of ether oxygens (including phenoxy) is 1. The Morgan fingerprint density at radius 3 is 2.40 bits per heavy atom. The number of aryl methyl sites for hydroxylation is 1. The summed E-state index contributed by atoms with van der Waals surface area (Å²) < 4.78 is 12.5. The monoisotopic (exact) mass is 471 g/mol. The van der Waals surface area contributed by atoms with Crippen molar-refractivity contribution < 1.29 is 14.1 Å². The third-order valence-electron chi connectivity index (χ3n) is 6.26. The molecule has 0 N–H and O–H groups in total. The number of carbonyl (C=O) groups is 1. The first kappa shape index (κ1) is 22.9. The summed E-state index contributed by atoms with van der Waals surface area (Å²) in [6.45, 7) is 6.08. The minimum atomic E-state index is 0.00490. The van der Waals surface area contributed by atoms with Crippen LogP contribution in [0.15, 0.2) is 71.4 Å². The number of hydrogen-bond acceptors (Lipinski definition) is 6. The van der Waals surface area contributed by atoms with Gasteiger partial charge in [-0.05, 0) is 36.8 Å². The quantitative estimate of drug-likeness (QED) is 0.407. The molecule has 0 aliphatic carbocycles. The predicted octanol–water partition coefficient (Wildman–Crippen LogP) is 3.86. The summed E-state index contributed by atoms with van der Waals surface area (Å²) in [4.78, 5) is 17.9. The molecule has 4 aromatic rings. The molecule has 2 aromatic heterocycles. The predicted molar refractivity (Wildman–Crippen MR) is 132 cm³/mol. The van der Waals surface area contributed by atoms with E-state index in [1.54, 1.807) is 7.11 Å². The van der Waals surface area contributed by atoms with Crippen LogP contribution in [-0.4, -0.2) is 63.9 Å². The van der Waals surface area contributed by atoms with Crippen molar-refractivity contribution in [1.29, 1.82) is 0 Å². The van der Waals surface area contributed by atoms with Gasteiger partial charge in [-0.1, -0.05) is 35.5 Å². The minimum Gasteiger partial charge on any atom is -0.497 e. The number of carbonyl (C=O) groups excluding carboxylic acids is 1. The van der Waals surface area contributed by atoms with Crippen LogP contribution in [0.5, 0.6) is 5.75 Å². The molecule has 0 atom stereocenters. The van der Waals surface area contributed by atoms with E-state index in [9.17, 15) is 4.79 Å². The highest BCUT2D eigenvalue weighted by Gasteiger charge is 2.27. The molecule has 35 heavy (non-hydrogen) atoms. The molecule has 1 aliphatic heterocycles. The van der Waals surface area contributed by atoms with Gasteiger partial charge < -0.3 is 14.2 Å². The Labute approximate surface area is 204 Å². The van der Waals surface area contributed by atoms with Crippen molar-refractivity contribution in [1.82, 2.24) is 24.7 Å². The summed E-state index contributed by atoms with van der Waals surface area (Å²) in [5.74, 6) is 1.62. The topological polar surface area (TPSA) is 76.6 Å². The maximum Gasteiger partial charge on any atom is 0.257 e. The Morgan fingerprint density at radius 1 is 1.00 bits per heavy atom. The maximum atomic E-state index is 13.7. The second-order valence-corrected chi connectivity index (χ2v) is 8.81. The van der Waals surface area contributed by atoms with Crippen molar-refractivity contribution in [3.05, 3.63) is 89.4 Å². The van der Waals surface area contributed by atoms with Crippen LogP contribution in [0, 0.1) is 6.92 Å². The zero-order chi connectivity index (χ0) is 24.2. The lowest BCUT2D eigenvalue weighted by Crippen LogP contribution is -2.48. The van der Waals surface area contributed by atoms with Crippen molar-refractivity contribution in [2.75, 3.05) is 33.3 Å². The molecule has 1 saturated heterocycles. The second kappa shape index (κ2) is 10.1. The molecule has 2 aromatic carbocycles. The van der Waals surface area contributed by atoms with E-state index in [4.69, 9.17) is 14.4 Å². The molecular weight excluding hydrogens is 442 g/mol. The Balaban J connectivity index is 1.35. The van der Waals surface area contributed by atoms with Crippen LogP contribution in [0.25, 0.3) is 11.3 Å². The summed E-state index contributed by atoms with van der Waals surface area (Å²) in [7, 11) is 1.64. The lowest BCUT2D eigenvalue weighted by atomic mass is 10.1. The molecule has 0 bridgehead atoms. The zero-order valence-electron chi connectivity index (χ0n) is 20.1. The molecule has 3 heterocycles. The molecule has 180 valence electrons. The number of aromatic nitrogens is 3. The fraction of sp³-hybridized carbons (Fsp3) is 0.296. The highest BCUT2D eigenvalue weighted by molar-refractivity contribution is 6.00. The second-order valence-electron chi connectivity index (χ2n) is 8.81. The van der Waals surface area contributed by atoms with Gasteiger partial charge in [-0.3, -0.25) is 14.4 Å². The molecule has 0 unspecified atom stereocenters. The summed E-state index contributed by atoms with van der Waals surface area (Å²) in [5, 5.41) is 8.78. The number of hydrogen-bond donors (Lipinski definition) is 0. The zero-order valence-corrected chi connectivity index (χ0v) is 20.1. The first-order valence-corrected chi connectivity index (χ1v) is 11.8.